The summed E-state index contributed by atoms with van der Waals surface area (Å²) in [6.07, 6.45) is -4.28. The molecule has 1 fully saturated rings. The maximum atomic E-state index is 13.5. The van der Waals surface area contributed by atoms with E-state index in [4.69, 9.17) is 50.5 Å². The van der Waals surface area contributed by atoms with E-state index < -0.39 is 78.2 Å². The highest BCUT2D eigenvalue weighted by Crippen LogP contribution is 2.31. The average molecular weight is 972 g/mol. The Kier molecular flexibility index (Phi) is 25.3. The van der Waals surface area contributed by atoms with E-state index in [0.717, 1.165) is 14.0 Å². The van der Waals surface area contributed by atoms with Gasteiger partial charge in [0.15, 0.2) is 23.2 Å². The number of aromatic amines is 1. The molecule has 0 radical (unpaired) electrons. The number of ketones is 1. The smallest absolute Gasteiger partial charge is 0.409 e. The Morgan fingerprint density at radius 2 is 1.54 bits per heavy atom. The van der Waals surface area contributed by atoms with E-state index in [1.54, 1.807) is 13.8 Å². The Balaban J connectivity index is 1.40. The number of hydrazine groups is 1. The molecule has 1 aliphatic rings. The number of amides is 4. The van der Waals surface area contributed by atoms with Crippen LogP contribution in [-0.2, 0) is 58.9 Å². The third kappa shape index (κ3) is 17.9. The summed E-state index contributed by atoms with van der Waals surface area (Å²) in [5, 5.41) is 27.2. The Morgan fingerprint density at radius 1 is 0.941 bits per heavy atom. The first kappa shape index (κ1) is 57.0. The molecule has 6 atom stereocenters. The minimum Gasteiger partial charge on any atom is -0.447 e. The van der Waals surface area contributed by atoms with Crippen LogP contribution in [-0.4, -0.2) is 188 Å². The number of nitrogen functional groups attached to an aromatic ring is 1. The Labute approximate surface area is 392 Å². The van der Waals surface area contributed by atoms with Crippen molar-refractivity contribution >= 4 is 46.7 Å². The summed E-state index contributed by atoms with van der Waals surface area (Å²) >= 11 is 0. The number of carbonyl (C=O) groups is 5. The number of H-pyrrole nitrogens is 1. The Hall–Kier alpha value is -5.36. The van der Waals surface area contributed by atoms with E-state index in [-0.39, 0.29) is 94.5 Å². The van der Waals surface area contributed by atoms with Crippen molar-refractivity contribution in [3.63, 3.8) is 0 Å². The predicted octanol–water partition coefficient (Wildman–Crippen LogP) is -3.62. The first-order valence-electron chi connectivity index (χ1n) is 22.2. The topological polar surface area (TPSA) is 380 Å². The Bertz CT molecular complexity index is 2050. The number of nitrogens with one attached hydrogen (secondary N) is 4. The predicted molar refractivity (Wildman–Crippen MR) is 241 cm³/mol. The van der Waals surface area contributed by atoms with Gasteiger partial charge in [0.2, 0.25) is 17.8 Å². The van der Waals surface area contributed by atoms with Crippen molar-refractivity contribution < 1.29 is 67.3 Å². The van der Waals surface area contributed by atoms with Crippen LogP contribution in [0.2, 0.25) is 0 Å². The van der Waals surface area contributed by atoms with Crippen LogP contribution in [0.4, 0.5) is 10.7 Å². The molecule has 68 heavy (non-hydrogen) atoms. The lowest BCUT2D eigenvalue weighted by Gasteiger charge is -2.24. The van der Waals surface area contributed by atoms with Gasteiger partial charge in [0.25, 0.3) is 11.5 Å². The quantitative estimate of drug-likeness (QED) is 0.0107. The second kappa shape index (κ2) is 30.2. The molecule has 27 nitrogen and oxygen atoms in total. The van der Waals surface area contributed by atoms with E-state index in [1.165, 1.54) is 13.1 Å². The normalized spacial score (nSPS) is 17.8. The molecule has 0 spiro atoms. The largest absolute Gasteiger partial charge is 0.447 e. The van der Waals surface area contributed by atoms with Gasteiger partial charge >= 0.3 is 11.8 Å². The first-order chi connectivity index (χ1) is 32.6. The van der Waals surface area contributed by atoms with Crippen molar-refractivity contribution in [2.45, 2.75) is 76.7 Å². The molecular formula is C41H69N11O16. The van der Waals surface area contributed by atoms with Gasteiger partial charge < -0.3 is 70.4 Å². The molecule has 0 bridgehead atoms. The average Bonchev–Trinajstić information content (AvgIpc) is 3.73. The maximum Gasteiger partial charge on any atom is 0.409 e. The van der Waals surface area contributed by atoms with Gasteiger partial charge in [0.05, 0.1) is 58.9 Å². The van der Waals surface area contributed by atoms with Crippen LogP contribution >= 0.6 is 0 Å². The molecule has 1 saturated heterocycles. The molecule has 3 rings (SSSR count). The van der Waals surface area contributed by atoms with Crippen molar-refractivity contribution in [1.29, 1.82) is 0 Å². The summed E-state index contributed by atoms with van der Waals surface area (Å²) < 4.78 is 39.7. The number of imidazole rings is 1. The summed E-state index contributed by atoms with van der Waals surface area (Å²) in [7, 11) is 1.40. The highest BCUT2D eigenvalue weighted by molar-refractivity contribution is 5.93. The number of anilines is 1. The molecule has 12 N–H and O–H groups in total. The van der Waals surface area contributed by atoms with Gasteiger partial charge in [-0.05, 0) is 25.3 Å². The second-order valence-electron chi connectivity index (χ2n) is 16.0. The van der Waals surface area contributed by atoms with Gasteiger partial charge in [-0.2, -0.15) is 4.98 Å². The van der Waals surface area contributed by atoms with E-state index in [1.807, 2.05) is 5.43 Å². The van der Waals surface area contributed by atoms with Crippen LogP contribution in [0, 0.1) is 11.8 Å². The maximum absolute atomic E-state index is 13.5. The minimum absolute atomic E-state index is 0.0214. The monoisotopic (exact) mass is 971 g/mol. The number of Topliss-reactive ketones (excluding diaryl/α,β-unsaturated/α-hetero) is 1. The van der Waals surface area contributed by atoms with Crippen LogP contribution in [0.1, 0.15) is 45.8 Å². The lowest BCUT2D eigenvalue weighted by molar-refractivity contribution is -0.134. The summed E-state index contributed by atoms with van der Waals surface area (Å²) in [5.41, 5.74) is 11.5. The van der Waals surface area contributed by atoms with Crippen molar-refractivity contribution in [2.24, 2.45) is 23.4 Å². The standard InChI is InChI=1S/C41H69N11O16/c1-5-11-51-32-35(47-39(43)48-37(32)59)52(40(51)60)38-34(57)33(56)28(68-38)22-67-41(61)50(4)12-10-45-36(58)26(8-6-7-9-42)21-27(53)31(25(2)3)46-29(54)23-65-19-17-63-15-13-62-14-16-64-18-20-66-24-30(55)49-44/h5,25-26,28,31,33-34,38,56-57H,1,6-24,42,44H2,2-4H3,(H,45,58)(H,46,54)(H,49,55)(H3,43,47,48,59)/t26-,28+,31+,33+,34+,38+/m1/s1. The number of aliphatic hydroxyl groups is 2. The molecule has 0 saturated carbocycles. The van der Waals surface area contributed by atoms with Crippen molar-refractivity contribution in [1.82, 2.24) is 40.1 Å². The number of ether oxygens (including phenoxy) is 7. The van der Waals surface area contributed by atoms with Crippen LogP contribution in [0.15, 0.2) is 22.2 Å². The highest BCUT2D eigenvalue weighted by atomic mass is 16.6. The van der Waals surface area contributed by atoms with Gasteiger partial charge in [0, 0.05) is 39.0 Å². The second-order valence-corrected chi connectivity index (χ2v) is 16.0. The zero-order valence-corrected chi connectivity index (χ0v) is 38.9. The molecule has 1 aliphatic heterocycles. The number of aromatic nitrogens is 4. The Morgan fingerprint density at radius 3 is 2.12 bits per heavy atom. The van der Waals surface area contributed by atoms with E-state index in [9.17, 15) is 43.8 Å². The molecule has 0 aromatic carbocycles. The number of allylic oxidation sites excluding steroid dienone is 1. The van der Waals surface area contributed by atoms with E-state index >= 15 is 0 Å². The van der Waals surface area contributed by atoms with Crippen LogP contribution < -0.4 is 44.6 Å². The highest BCUT2D eigenvalue weighted by Gasteiger charge is 2.46. The molecule has 2 aromatic heterocycles. The van der Waals surface area contributed by atoms with Crippen molar-refractivity contribution in [2.75, 3.05) is 105 Å². The van der Waals surface area contributed by atoms with Gasteiger partial charge in [-0.3, -0.25) is 38.9 Å². The van der Waals surface area contributed by atoms with Crippen LogP contribution in [0.5, 0.6) is 0 Å². The first-order valence-corrected chi connectivity index (χ1v) is 22.2. The molecule has 2 aromatic rings. The third-order valence-electron chi connectivity index (χ3n) is 10.4. The number of fused-ring (bicyclic) bond motifs is 1. The number of nitrogens with zero attached hydrogens (tertiary/aromatic N) is 4. The number of unbranched alkanes of at least 4 members (excludes halogenated alkanes) is 1. The molecular weight excluding hydrogens is 903 g/mol. The lowest BCUT2D eigenvalue weighted by Crippen LogP contribution is -2.47. The van der Waals surface area contributed by atoms with Gasteiger partial charge in [0.1, 0.15) is 38.1 Å². The van der Waals surface area contributed by atoms with Gasteiger partial charge in [-0.1, -0.05) is 26.3 Å². The third-order valence-corrected chi connectivity index (χ3v) is 10.4. The zero-order valence-electron chi connectivity index (χ0n) is 38.9. The SMILES string of the molecule is C=CCn1c(=O)n([C@H]2O[C@@H](COC(=O)N(C)CCNC(=O)[C@H](CCCCN)CC(=O)[C@@H](NC(=O)COCCOCCOCCOCCOCC(=O)NN)C(C)C)[C@H](O)[C@@H]2O)c2nc(N)[nH]c(=O)c21. The number of hydrogen-bond donors (Lipinski definition) is 9. The number of rotatable bonds is 34. The molecule has 0 aliphatic carbocycles. The molecule has 4 amide bonds. The van der Waals surface area contributed by atoms with Gasteiger partial charge in [-0.25, -0.2) is 20.0 Å². The molecule has 0 unspecified atom stereocenters. The fourth-order valence-corrected chi connectivity index (χ4v) is 6.87. The fraction of sp³-hybridized carbons (Fsp3) is 0.707. The number of hydrogen-bond acceptors (Lipinski definition) is 20. The zero-order chi connectivity index (χ0) is 50.2. The molecule has 27 heteroatoms. The summed E-state index contributed by atoms with van der Waals surface area (Å²) in [6, 6.07) is -0.892. The summed E-state index contributed by atoms with van der Waals surface area (Å²) in [4.78, 5) is 97.1. The fourth-order valence-electron chi connectivity index (χ4n) is 6.87. The summed E-state index contributed by atoms with van der Waals surface area (Å²) in [5.74, 6) is 1.87. The number of aliphatic hydroxyl groups excluding tert-OH is 2. The van der Waals surface area contributed by atoms with Crippen LogP contribution in [0.25, 0.3) is 11.2 Å². The molecule has 384 valence electrons. The van der Waals surface area contributed by atoms with Gasteiger partial charge in [-0.15, -0.1) is 6.58 Å². The number of nitrogens with two attached hydrogens (primary N) is 3. The number of carbonyl (C=O) groups excluding carboxylic acids is 5. The van der Waals surface area contributed by atoms with E-state index in [0.29, 0.717) is 52.2 Å². The van der Waals surface area contributed by atoms with Crippen LogP contribution in [0.3, 0.4) is 0 Å². The lowest BCUT2D eigenvalue weighted by atomic mass is 9.89. The minimum atomic E-state index is -1.70. The molecule has 3 heterocycles. The number of likely N-dealkylation sites (N-methyl/N-ethyl adjacent to an activating group) is 1. The van der Waals surface area contributed by atoms with Crippen molar-refractivity contribution in [3.05, 3.63) is 33.5 Å². The van der Waals surface area contributed by atoms with Crippen molar-refractivity contribution in [3.8, 4) is 0 Å². The van der Waals surface area contributed by atoms with E-state index in [2.05, 4.69) is 27.2 Å². The summed E-state index contributed by atoms with van der Waals surface area (Å²) in [6.45, 7) is 8.48.